The van der Waals surface area contributed by atoms with E-state index in [1.54, 1.807) is 43.3 Å². The van der Waals surface area contributed by atoms with E-state index in [1.807, 2.05) is 0 Å². The van der Waals surface area contributed by atoms with Crippen LogP contribution in [0.1, 0.15) is 11.3 Å². The fraction of sp³-hybridized carbons (Fsp3) is 0.158. The van der Waals surface area contributed by atoms with E-state index >= 15 is 0 Å². The maximum Gasteiger partial charge on any atom is 0.344 e. The highest BCUT2D eigenvalue weighted by molar-refractivity contribution is 6.32. The van der Waals surface area contributed by atoms with Crippen molar-refractivity contribution >= 4 is 17.6 Å². The van der Waals surface area contributed by atoms with E-state index < -0.39 is 5.97 Å². The summed E-state index contributed by atoms with van der Waals surface area (Å²) in [5.41, 5.74) is 1.89. The summed E-state index contributed by atoms with van der Waals surface area (Å²) in [6, 6.07) is 12.7. The highest BCUT2D eigenvalue weighted by Crippen LogP contribution is 2.26. The van der Waals surface area contributed by atoms with Gasteiger partial charge in [-0.05, 0) is 43.3 Å². The molecule has 1 aromatic heterocycles. The van der Waals surface area contributed by atoms with Gasteiger partial charge in [0.25, 0.3) is 0 Å². The van der Waals surface area contributed by atoms with E-state index in [-0.39, 0.29) is 19.0 Å². The van der Waals surface area contributed by atoms with E-state index in [0.717, 1.165) is 5.56 Å². The lowest BCUT2D eigenvalue weighted by Crippen LogP contribution is -2.15. The van der Waals surface area contributed by atoms with Gasteiger partial charge >= 0.3 is 5.97 Å². The van der Waals surface area contributed by atoms with Crippen LogP contribution in [0.5, 0.6) is 5.75 Å². The summed E-state index contributed by atoms with van der Waals surface area (Å²) in [5.74, 6) is 0.0138. The molecule has 3 rings (SSSR count). The molecule has 5 nitrogen and oxygen atoms in total. The summed E-state index contributed by atoms with van der Waals surface area (Å²) in [7, 11) is 0. The van der Waals surface area contributed by atoms with E-state index in [2.05, 4.69) is 5.16 Å². The second-order valence-electron chi connectivity index (χ2n) is 5.47. The number of ether oxygens (including phenoxy) is 2. The summed E-state index contributed by atoms with van der Waals surface area (Å²) in [5, 5.41) is 4.32. The molecule has 7 heteroatoms. The number of carbonyl (C=O) groups is 1. The van der Waals surface area contributed by atoms with Crippen molar-refractivity contribution in [3.05, 3.63) is 70.6 Å². The zero-order chi connectivity index (χ0) is 18.5. The van der Waals surface area contributed by atoms with E-state index in [9.17, 15) is 9.18 Å². The SMILES string of the molecule is Cc1c(COC(=O)COc2ccccc2Cl)noc1-c1ccc(F)cc1. The van der Waals surface area contributed by atoms with Gasteiger partial charge in [0.05, 0.1) is 5.02 Å². The molecule has 0 radical (unpaired) electrons. The van der Waals surface area contributed by atoms with E-state index in [0.29, 0.717) is 27.8 Å². The predicted octanol–water partition coefficient (Wildman–Crippen LogP) is 4.56. The third kappa shape index (κ3) is 4.21. The first-order valence-electron chi connectivity index (χ1n) is 7.78. The average Bonchev–Trinajstić information content (AvgIpc) is 3.00. The van der Waals surface area contributed by atoms with Crippen LogP contribution < -0.4 is 4.74 Å². The van der Waals surface area contributed by atoms with Gasteiger partial charge < -0.3 is 14.0 Å². The highest BCUT2D eigenvalue weighted by Gasteiger charge is 2.16. The second kappa shape index (κ2) is 8.01. The Labute approximate surface area is 154 Å². The molecule has 0 amide bonds. The topological polar surface area (TPSA) is 61.6 Å². The van der Waals surface area contributed by atoms with Gasteiger partial charge in [0.1, 0.15) is 23.9 Å². The van der Waals surface area contributed by atoms with Crippen molar-refractivity contribution in [2.75, 3.05) is 6.61 Å². The lowest BCUT2D eigenvalue weighted by atomic mass is 10.1. The fourth-order valence-corrected chi connectivity index (χ4v) is 2.45. The van der Waals surface area contributed by atoms with Crippen LogP contribution in [-0.4, -0.2) is 17.7 Å². The van der Waals surface area contributed by atoms with E-state index in [1.165, 1.54) is 12.1 Å². The lowest BCUT2D eigenvalue weighted by molar-refractivity contribution is -0.147. The lowest BCUT2D eigenvalue weighted by Gasteiger charge is -2.07. The Hall–Kier alpha value is -2.86. The summed E-state index contributed by atoms with van der Waals surface area (Å²) in [6.45, 7) is 1.46. The molecule has 3 aromatic rings. The molecule has 0 spiro atoms. The zero-order valence-electron chi connectivity index (χ0n) is 13.9. The van der Waals surface area contributed by atoms with Crippen molar-refractivity contribution in [3.8, 4) is 17.1 Å². The minimum atomic E-state index is -0.560. The van der Waals surface area contributed by atoms with Crippen LogP contribution in [0.4, 0.5) is 4.39 Å². The fourth-order valence-electron chi connectivity index (χ4n) is 2.26. The van der Waals surface area contributed by atoms with Crippen molar-refractivity contribution in [2.24, 2.45) is 0 Å². The van der Waals surface area contributed by atoms with Gasteiger partial charge in [-0.3, -0.25) is 0 Å². The number of carbonyl (C=O) groups excluding carboxylic acids is 1. The number of benzene rings is 2. The van der Waals surface area contributed by atoms with Crippen LogP contribution in [0.3, 0.4) is 0 Å². The normalized spacial score (nSPS) is 10.6. The van der Waals surface area contributed by atoms with Crippen molar-refractivity contribution in [1.82, 2.24) is 5.16 Å². The number of nitrogens with zero attached hydrogens (tertiary/aromatic N) is 1. The molecule has 0 bridgehead atoms. The highest BCUT2D eigenvalue weighted by atomic mass is 35.5. The van der Waals surface area contributed by atoms with Crippen LogP contribution in [0.15, 0.2) is 53.1 Å². The minimum absolute atomic E-state index is 0.0543. The van der Waals surface area contributed by atoms with Crippen molar-refractivity contribution in [2.45, 2.75) is 13.5 Å². The zero-order valence-corrected chi connectivity index (χ0v) is 14.6. The Bertz CT molecular complexity index is 908. The Morgan fingerprint density at radius 3 is 2.65 bits per heavy atom. The Morgan fingerprint density at radius 1 is 1.19 bits per heavy atom. The maximum absolute atomic E-state index is 13.0. The molecule has 134 valence electrons. The van der Waals surface area contributed by atoms with Crippen molar-refractivity contribution in [3.63, 3.8) is 0 Å². The minimum Gasteiger partial charge on any atom is -0.480 e. The predicted molar refractivity (Wildman–Crippen MR) is 93.4 cm³/mol. The Balaban J connectivity index is 1.57. The van der Waals surface area contributed by atoms with Gasteiger partial charge in [-0.1, -0.05) is 28.9 Å². The van der Waals surface area contributed by atoms with Crippen LogP contribution in [0.25, 0.3) is 11.3 Å². The molecule has 26 heavy (non-hydrogen) atoms. The van der Waals surface area contributed by atoms with Gasteiger partial charge in [-0.2, -0.15) is 0 Å². The van der Waals surface area contributed by atoms with Crippen LogP contribution in [-0.2, 0) is 16.1 Å². The van der Waals surface area contributed by atoms with Gasteiger partial charge in [-0.25, -0.2) is 9.18 Å². The molecule has 0 atom stereocenters. The van der Waals surface area contributed by atoms with Crippen LogP contribution in [0.2, 0.25) is 5.02 Å². The second-order valence-corrected chi connectivity index (χ2v) is 5.88. The first-order chi connectivity index (χ1) is 12.5. The first kappa shape index (κ1) is 17.9. The van der Waals surface area contributed by atoms with Crippen molar-refractivity contribution < 1.29 is 23.2 Å². The van der Waals surface area contributed by atoms with Gasteiger partial charge in [0.2, 0.25) is 0 Å². The molecule has 0 fully saturated rings. The maximum atomic E-state index is 13.0. The van der Waals surface area contributed by atoms with E-state index in [4.69, 9.17) is 25.6 Å². The number of rotatable bonds is 6. The van der Waals surface area contributed by atoms with Crippen molar-refractivity contribution in [1.29, 1.82) is 0 Å². The standard InChI is InChI=1S/C19H15ClFNO4/c1-12-16(22-26-19(12)13-6-8-14(21)9-7-13)10-25-18(23)11-24-17-5-3-2-4-15(17)20/h2-9H,10-11H2,1H3. The average molecular weight is 376 g/mol. The molecule has 0 saturated carbocycles. The summed E-state index contributed by atoms with van der Waals surface area (Å²) in [4.78, 5) is 11.8. The number of halogens is 2. The molecule has 0 aliphatic carbocycles. The number of hydrogen-bond acceptors (Lipinski definition) is 5. The summed E-state index contributed by atoms with van der Waals surface area (Å²) < 4.78 is 28.8. The molecule has 2 aromatic carbocycles. The van der Waals surface area contributed by atoms with Crippen LogP contribution >= 0.6 is 11.6 Å². The Kier molecular flexibility index (Phi) is 5.53. The third-order valence-corrected chi connectivity index (χ3v) is 3.99. The van der Waals surface area contributed by atoms with Gasteiger partial charge in [0, 0.05) is 11.1 Å². The number of aromatic nitrogens is 1. The van der Waals surface area contributed by atoms with Gasteiger partial charge in [0.15, 0.2) is 12.4 Å². The molecule has 0 N–H and O–H groups in total. The largest absolute Gasteiger partial charge is 0.480 e. The smallest absolute Gasteiger partial charge is 0.344 e. The molecule has 1 heterocycles. The van der Waals surface area contributed by atoms with Gasteiger partial charge in [-0.15, -0.1) is 0 Å². The molecule has 0 aliphatic rings. The quantitative estimate of drug-likeness (QED) is 0.591. The monoisotopic (exact) mass is 375 g/mol. The molecule has 0 aliphatic heterocycles. The summed E-state index contributed by atoms with van der Waals surface area (Å²) >= 11 is 5.95. The first-order valence-corrected chi connectivity index (χ1v) is 8.16. The number of para-hydroxylation sites is 1. The molecule has 0 unspecified atom stereocenters. The molecular weight excluding hydrogens is 361 g/mol. The number of hydrogen-bond donors (Lipinski definition) is 0. The Morgan fingerprint density at radius 2 is 1.92 bits per heavy atom. The molecular formula is C19H15ClFNO4. The summed E-state index contributed by atoms with van der Waals surface area (Å²) in [6.07, 6.45) is 0. The number of esters is 1. The third-order valence-electron chi connectivity index (χ3n) is 3.68. The van der Waals surface area contributed by atoms with Crippen LogP contribution in [0, 0.1) is 12.7 Å². The molecule has 0 saturated heterocycles.